The van der Waals surface area contributed by atoms with Gasteiger partial charge in [-0.1, -0.05) is 6.58 Å². The van der Waals surface area contributed by atoms with Gasteiger partial charge in [0.25, 0.3) is 0 Å². The van der Waals surface area contributed by atoms with Crippen molar-refractivity contribution in [1.82, 2.24) is 5.32 Å². The molecule has 0 aliphatic heterocycles. The smallest absolute Gasteiger partial charge is 0.227 e. The Kier molecular flexibility index (Phi) is 4.26. The van der Waals surface area contributed by atoms with E-state index < -0.39 is 5.92 Å². The van der Waals surface area contributed by atoms with Crippen LogP contribution < -0.4 is 5.32 Å². The zero-order chi connectivity index (χ0) is 9.72. The van der Waals surface area contributed by atoms with Crippen molar-refractivity contribution in [1.29, 1.82) is 0 Å². The van der Waals surface area contributed by atoms with Gasteiger partial charge < -0.3 is 5.32 Å². The second-order valence-electron chi connectivity index (χ2n) is 2.70. The number of carbonyl (C=O) groups excluding carboxylic acids is 2. The van der Waals surface area contributed by atoms with E-state index in [0.717, 1.165) is 0 Å². The van der Waals surface area contributed by atoms with Crippen molar-refractivity contribution >= 4 is 11.7 Å². The molecule has 0 aromatic carbocycles. The first-order valence-electron chi connectivity index (χ1n) is 3.98. The second kappa shape index (κ2) is 4.70. The molecular weight excluding hydrogens is 154 g/mol. The summed E-state index contributed by atoms with van der Waals surface area (Å²) < 4.78 is 0. The molecule has 12 heavy (non-hydrogen) atoms. The molecule has 1 atom stereocenters. The van der Waals surface area contributed by atoms with Crippen LogP contribution in [0, 0.1) is 5.92 Å². The third-order valence-electron chi connectivity index (χ3n) is 1.72. The van der Waals surface area contributed by atoms with Gasteiger partial charge in [-0.3, -0.25) is 9.59 Å². The van der Waals surface area contributed by atoms with Gasteiger partial charge in [-0.25, -0.2) is 0 Å². The van der Waals surface area contributed by atoms with Crippen molar-refractivity contribution in [2.24, 2.45) is 5.92 Å². The van der Waals surface area contributed by atoms with Crippen LogP contribution in [0.3, 0.4) is 0 Å². The van der Waals surface area contributed by atoms with E-state index in [0.29, 0.717) is 12.1 Å². The monoisotopic (exact) mass is 169 g/mol. The van der Waals surface area contributed by atoms with Crippen LogP contribution in [0.4, 0.5) is 0 Å². The molecule has 0 fully saturated rings. The Morgan fingerprint density at radius 1 is 1.50 bits per heavy atom. The molecule has 0 saturated carbocycles. The van der Waals surface area contributed by atoms with Gasteiger partial charge in [0.1, 0.15) is 0 Å². The summed E-state index contributed by atoms with van der Waals surface area (Å²) in [5, 5.41) is 2.63. The van der Waals surface area contributed by atoms with Crippen molar-refractivity contribution in [2.75, 3.05) is 6.54 Å². The molecule has 0 spiro atoms. The molecule has 1 amide bonds. The molecule has 1 N–H and O–H groups in total. The molecule has 3 heteroatoms. The normalized spacial score (nSPS) is 11.9. The van der Waals surface area contributed by atoms with Crippen LogP contribution in [0.2, 0.25) is 0 Å². The number of hydrogen-bond donors (Lipinski definition) is 1. The minimum atomic E-state index is -0.414. The van der Waals surface area contributed by atoms with Crippen molar-refractivity contribution in [3.63, 3.8) is 0 Å². The highest BCUT2D eigenvalue weighted by Crippen LogP contribution is 2.08. The van der Waals surface area contributed by atoms with Crippen LogP contribution in [-0.4, -0.2) is 18.2 Å². The van der Waals surface area contributed by atoms with E-state index in [9.17, 15) is 9.59 Å². The van der Waals surface area contributed by atoms with Crippen LogP contribution in [0.5, 0.6) is 0 Å². The van der Waals surface area contributed by atoms with E-state index in [1.807, 2.05) is 6.92 Å². The molecule has 0 aromatic rings. The molecule has 0 heterocycles. The van der Waals surface area contributed by atoms with Crippen molar-refractivity contribution in [2.45, 2.75) is 20.8 Å². The average molecular weight is 169 g/mol. The lowest BCUT2D eigenvalue weighted by atomic mass is 9.99. The summed E-state index contributed by atoms with van der Waals surface area (Å²) in [6.45, 7) is 9.05. The Morgan fingerprint density at radius 3 is 2.33 bits per heavy atom. The highest BCUT2D eigenvalue weighted by Gasteiger charge is 2.17. The molecule has 1 unspecified atom stereocenters. The summed E-state index contributed by atoms with van der Waals surface area (Å²) in [6.07, 6.45) is 0. The molecule has 68 valence electrons. The minimum absolute atomic E-state index is 0.131. The predicted octanol–water partition coefficient (Wildman–Crippen LogP) is 0.904. The maximum absolute atomic E-state index is 11.2. The first-order chi connectivity index (χ1) is 5.50. The first kappa shape index (κ1) is 10.9. The maximum atomic E-state index is 11.2. The quantitative estimate of drug-likeness (QED) is 0.636. The Bertz CT molecular complexity index is 209. The molecule has 0 radical (unpaired) electrons. The molecule has 0 saturated heterocycles. The largest absolute Gasteiger partial charge is 0.356 e. The summed E-state index contributed by atoms with van der Waals surface area (Å²) in [5.41, 5.74) is 0.362. The van der Waals surface area contributed by atoms with Crippen molar-refractivity contribution in [3.8, 4) is 0 Å². The van der Waals surface area contributed by atoms with Crippen LogP contribution in [0.15, 0.2) is 12.2 Å². The number of Topliss-reactive ketones (excluding diaryl/α,β-unsaturated/α-hetero) is 1. The number of ketones is 1. The van der Waals surface area contributed by atoms with Gasteiger partial charge in [-0.05, 0) is 26.3 Å². The highest BCUT2D eigenvalue weighted by molar-refractivity contribution is 5.99. The zero-order valence-corrected chi connectivity index (χ0v) is 7.81. The van der Waals surface area contributed by atoms with Gasteiger partial charge >= 0.3 is 0 Å². The minimum Gasteiger partial charge on any atom is -0.356 e. The van der Waals surface area contributed by atoms with E-state index >= 15 is 0 Å². The van der Waals surface area contributed by atoms with Crippen molar-refractivity contribution in [3.05, 3.63) is 12.2 Å². The fraction of sp³-hybridized carbons (Fsp3) is 0.556. The molecule has 0 bridgehead atoms. The average Bonchev–Trinajstić information content (AvgIpc) is 2.02. The van der Waals surface area contributed by atoms with E-state index in [1.54, 1.807) is 6.92 Å². The van der Waals surface area contributed by atoms with Crippen LogP contribution in [-0.2, 0) is 9.59 Å². The van der Waals surface area contributed by atoms with E-state index in [-0.39, 0.29) is 11.7 Å². The van der Waals surface area contributed by atoms with Crippen LogP contribution in [0.25, 0.3) is 0 Å². The van der Waals surface area contributed by atoms with E-state index in [4.69, 9.17) is 0 Å². The van der Waals surface area contributed by atoms with Gasteiger partial charge in [0.2, 0.25) is 5.91 Å². The topological polar surface area (TPSA) is 46.2 Å². The van der Waals surface area contributed by atoms with Crippen molar-refractivity contribution < 1.29 is 9.59 Å². The standard InChI is InChI=1S/C9H15NO2/c1-5-10-9(12)7(3)6(2)8(4)11/h7H,2,5H2,1,3-4H3,(H,10,12). The van der Waals surface area contributed by atoms with Crippen LogP contribution >= 0.6 is 0 Å². The van der Waals surface area contributed by atoms with Gasteiger partial charge in [0.15, 0.2) is 5.78 Å². The first-order valence-corrected chi connectivity index (χ1v) is 3.98. The van der Waals surface area contributed by atoms with E-state index in [2.05, 4.69) is 11.9 Å². The molecule has 0 aliphatic rings. The Hall–Kier alpha value is -1.12. The Balaban J connectivity index is 4.19. The van der Waals surface area contributed by atoms with Gasteiger partial charge in [0, 0.05) is 6.54 Å². The summed E-state index contributed by atoms with van der Waals surface area (Å²) in [4.78, 5) is 22.0. The van der Waals surface area contributed by atoms with Gasteiger partial charge in [-0.2, -0.15) is 0 Å². The summed E-state index contributed by atoms with van der Waals surface area (Å²) in [7, 11) is 0. The maximum Gasteiger partial charge on any atom is 0.227 e. The van der Waals surface area contributed by atoms with E-state index in [1.165, 1.54) is 6.92 Å². The SMILES string of the molecule is C=C(C(C)=O)C(C)C(=O)NCC. The zero-order valence-electron chi connectivity index (χ0n) is 7.81. The number of hydrogen-bond acceptors (Lipinski definition) is 2. The summed E-state index contributed by atoms with van der Waals surface area (Å²) >= 11 is 0. The fourth-order valence-corrected chi connectivity index (χ4v) is 0.790. The lowest BCUT2D eigenvalue weighted by molar-refractivity contribution is -0.125. The van der Waals surface area contributed by atoms with Crippen LogP contribution in [0.1, 0.15) is 20.8 Å². The number of nitrogens with one attached hydrogen (secondary N) is 1. The Morgan fingerprint density at radius 2 is 2.00 bits per heavy atom. The highest BCUT2D eigenvalue weighted by atomic mass is 16.2. The number of rotatable bonds is 4. The molecule has 3 nitrogen and oxygen atoms in total. The molecule has 0 rings (SSSR count). The lowest BCUT2D eigenvalue weighted by Gasteiger charge is -2.10. The lowest BCUT2D eigenvalue weighted by Crippen LogP contribution is -2.30. The molecule has 0 aromatic heterocycles. The second-order valence-corrected chi connectivity index (χ2v) is 2.70. The third-order valence-corrected chi connectivity index (χ3v) is 1.72. The third kappa shape index (κ3) is 2.86. The summed E-state index contributed by atoms with van der Waals surface area (Å²) in [6, 6.07) is 0. The predicted molar refractivity (Wildman–Crippen MR) is 47.7 cm³/mol. The molecule has 0 aliphatic carbocycles. The van der Waals surface area contributed by atoms with Gasteiger partial charge in [-0.15, -0.1) is 0 Å². The molecular formula is C9H15NO2. The number of amides is 1. The fourth-order valence-electron chi connectivity index (χ4n) is 0.790. The number of carbonyl (C=O) groups is 2. The Labute approximate surface area is 72.8 Å². The summed E-state index contributed by atoms with van der Waals surface area (Å²) in [5.74, 6) is -0.686. The van der Waals surface area contributed by atoms with Gasteiger partial charge in [0.05, 0.1) is 5.92 Å².